The zero-order valence-corrected chi connectivity index (χ0v) is 21.4. The molecular formula is C27H26BrClFN3O2. The van der Waals surface area contributed by atoms with Crippen LogP contribution >= 0.6 is 27.5 Å². The lowest BCUT2D eigenvalue weighted by Crippen LogP contribution is -2.44. The van der Waals surface area contributed by atoms with Crippen molar-refractivity contribution in [3.63, 3.8) is 0 Å². The Bertz CT molecular complexity index is 1230. The molecule has 182 valence electrons. The third kappa shape index (κ3) is 6.28. The van der Waals surface area contributed by atoms with E-state index in [1.807, 2.05) is 6.07 Å². The maximum atomic E-state index is 13.9. The smallest absolute Gasteiger partial charge is 0.256 e. The molecule has 0 bridgehead atoms. The molecule has 0 spiro atoms. The van der Waals surface area contributed by atoms with E-state index < -0.39 is 5.82 Å². The Kier molecular flexibility index (Phi) is 8.21. The number of nitrogens with zero attached hydrogens (tertiary/aromatic N) is 1. The van der Waals surface area contributed by atoms with E-state index >= 15 is 0 Å². The van der Waals surface area contributed by atoms with Crippen LogP contribution in [-0.2, 0) is 6.54 Å². The molecule has 0 atom stereocenters. The predicted octanol–water partition coefficient (Wildman–Crippen LogP) is 6.41. The molecule has 8 heteroatoms. The number of halogens is 3. The molecule has 1 fully saturated rings. The van der Waals surface area contributed by atoms with Crippen LogP contribution < -0.4 is 11.1 Å². The minimum absolute atomic E-state index is 0.0415. The average molecular weight is 559 g/mol. The normalized spacial score (nSPS) is 17.6. The summed E-state index contributed by atoms with van der Waals surface area (Å²) < 4.78 is 14.6. The number of benzene rings is 3. The quantitative estimate of drug-likeness (QED) is 0.367. The lowest BCUT2D eigenvalue weighted by Gasteiger charge is -2.36. The largest absolute Gasteiger partial charge is 0.331 e. The predicted molar refractivity (Wildman–Crippen MR) is 140 cm³/mol. The van der Waals surface area contributed by atoms with Gasteiger partial charge in [0.1, 0.15) is 5.82 Å². The van der Waals surface area contributed by atoms with Crippen LogP contribution in [0.25, 0.3) is 0 Å². The first kappa shape index (κ1) is 25.4. The van der Waals surface area contributed by atoms with Crippen molar-refractivity contribution >= 4 is 45.0 Å². The topological polar surface area (TPSA) is 75.4 Å². The van der Waals surface area contributed by atoms with Crippen molar-refractivity contribution in [2.45, 2.75) is 44.3 Å². The molecule has 0 saturated heterocycles. The first-order valence-corrected chi connectivity index (χ1v) is 12.7. The van der Waals surface area contributed by atoms with Crippen LogP contribution in [0.5, 0.6) is 0 Å². The van der Waals surface area contributed by atoms with Crippen molar-refractivity contribution in [3.8, 4) is 0 Å². The molecule has 0 aromatic heterocycles. The van der Waals surface area contributed by atoms with E-state index in [-0.39, 0.29) is 36.0 Å². The molecule has 1 aliphatic rings. The Balaban J connectivity index is 1.60. The first-order valence-electron chi connectivity index (χ1n) is 11.5. The maximum absolute atomic E-state index is 13.9. The number of anilines is 1. The van der Waals surface area contributed by atoms with Gasteiger partial charge in [-0.05, 0) is 95.7 Å². The van der Waals surface area contributed by atoms with Crippen molar-refractivity contribution in [3.05, 3.63) is 98.7 Å². The highest BCUT2D eigenvalue weighted by molar-refractivity contribution is 9.10. The van der Waals surface area contributed by atoms with Gasteiger partial charge in [0.05, 0.1) is 5.56 Å². The Hall–Kier alpha value is -2.74. The van der Waals surface area contributed by atoms with Gasteiger partial charge in [0, 0.05) is 39.4 Å². The molecule has 3 aromatic carbocycles. The Morgan fingerprint density at radius 3 is 2.49 bits per heavy atom. The van der Waals surface area contributed by atoms with Crippen LogP contribution in [0.3, 0.4) is 0 Å². The second-order valence-corrected chi connectivity index (χ2v) is 10.0. The standard InChI is InChI=1S/C27H26BrClFN3O2/c28-24-7-2-1-6-23(24)26(34)32-21-10-13-25(29)18(15-21)16-33(22-11-8-20(31)9-12-22)27(35)17-4-3-5-19(30)14-17/h1-7,10,13-15,20,22H,8-9,11-12,16,31H2,(H,32,34). The minimum Gasteiger partial charge on any atom is -0.331 e. The summed E-state index contributed by atoms with van der Waals surface area (Å²) in [6.07, 6.45) is 3.15. The van der Waals surface area contributed by atoms with Crippen molar-refractivity contribution < 1.29 is 14.0 Å². The van der Waals surface area contributed by atoms with Gasteiger partial charge in [-0.15, -0.1) is 0 Å². The fraction of sp³-hybridized carbons (Fsp3) is 0.259. The fourth-order valence-electron chi connectivity index (χ4n) is 4.37. The van der Waals surface area contributed by atoms with Crippen LogP contribution in [0.1, 0.15) is 52.0 Å². The molecule has 1 saturated carbocycles. The summed E-state index contributed by atoms with van der Waals surface area (Å²) in [4.78, 5) is 28.0. The van der Waals surface area contributed by atoms with E-state index in [2.05, 4.69) is 21.2 Å². The number of rotatable bonds is 6. The van der Waals surface area contributed by atoms with Gasteiger partial charge < -0.3 is 16.0 Å². The summed E-state index contributed by atoms with van der Waals surface area (Å²) in [5.74, 6) is -0.986. The monoisotopic (exact) mass is 557 g/mol. The Morgan fingerprint density at radius 1 is 1.03 bits per heavy atom. The Labute approximate surface area is 217 Å². The Morgan fingerprint density at radius 2 is 1.77 bits per heavy atom. The van der Waals surface area contributed by atoms with Crippen molar-refractivity contribution in [1.82, 2.24) is 4.90 Å². The molecule has 0 heterocycles. The highest BCUT2D eigenvalue weighted by Crippen LogP contribution is 2.29. The highest BCUT2D eigenvalue weighted by atomic mass is 79.9. The summed E-state index contributed by atoms with van der Waals surface area (Å²) in [6, 6.07) is 18.1. The lowest BCUT2D eigenvalue weighted by atomic mass is 9.90. The molecule has 0 radical (unpaired) electrons. The molecule has 5 nitrogen and oxygen atoms in total. The summed E-state index contributed by atoms with van der Waals surface area (Å²) in [6.45, 7) is 0.229. The van der Waals surface area contributed by atoms with E-state index in [4.69, 9.17) is 17.3 Å². The third-order valence-corrected chi connectivity index (χ3v) is 7.34. The molecule has 3 aromatic rings. The van der Waals surface area contributed by atoms with Crippen molar-refractivity contribution in [1.29, 1.82) is 0 Å². The SMILES string of the molecule is NC1CCC(N(Cc2cc(NC(=O)c3ccccc3Br)ccc2Cl)C(=O)c2cccc(F)c2)CC1. The van der Waals surface area contributed by atoms with Gasteiger partial charge in [0.25, 0.3) is 11.8 Å². The van der Waals surface area contributed by atoms with Crippen LogP contribution in [0, 0.1) is 5.82 Å². The molecule has 0 aliphatic heterocycles. The molecule has 4 rings (SSSR count). The minimum atomic E-state index is -0.462. The summed E-state index contributed by atoms with van der Waals surface area (Å²) >= 11 is 9.92. The van der Waals surface area contributed by atoms with Gasteiger partial charge in [-0.25, -0.2) is 4.39 Å². The molecular weight excluding hydrogens is 533 g/mol. The first-order chi connectivity index (χ1) is 16.8. The van der Waals surface area contributed by atoms with Gasteiger partial charge >= 0.3 is 0 Å². The van der Waals surface area contributed by atoms with Crippen molar-refractivity contribution in [2.75, 3.05) is 5.32 Å². The molecule has 3 N–H and O–H groups in total. The van der Waals surface area contributed by atoms with Gasteiger partial charge in [-0.2, -0.15) is 0 Å². The van der Waals surface area contributed by atoms with Crippen LogP contribution in [0.2, 0.25) is 5.02 Å². The molecule has 35 heavy (non-hydrogen) atoms. The van der Waals surface area contributed by atoms with Gasteiger partial charge in [0.15, 0.2) is 0 Å². The van der Waals surface area contributed by atoms with E-state index in [1.54, 1.807) is 47.4 Å². The average Bonchev–Trinajstić information content (AvgIpc) is 2.85. The summed E-state index contributed by atoms with van der Waals surface area (Å²) in [5.41, 5.74) is 8.13. The van der Waals surface area contributed by atoms with Crippen molar-refractivity contribution in [2.24, 2.45) is 5.73 Å². The maximum Gasteiger partial charge on any atom is 0.256 e. The number of carbonyl (C=O) groups is 2. The fourth-order valence-corrected chi connectivity index (χ4v) is 5.01. The van der Waals surface area contributed by atoms with Gasteiger partial charge in [0.2, 0.25) is 0 Å². The number of hydrogen-bond donors (Lipinski definition) is 2. The van der Waals surface area contributed by atoms with Gasteiger partial charge in [-0.3, -0.25) is 9.59 Å². The number of carbonyl (C=O) groups excluding carboxylic acids is 2. The molecule has 2 amide bonds. The van der Waals surface area contributed by atoms with Gasteiger partial charge in [-0.1, -0.05) is 29.8 Å². The van der Waals surface area contributed by atoms with Crippen LogP contribution in [0.15, 0.2) is 71.2 Å². The second-order valence-electron chi connectivity index (χ2n) is 8.75. The van der Waals surface area contributed by atoms with E-state index in [0.29, 0.717) is 26.3 Å². The van der Waals surface area contributed by atoms with Crippen LogP contribution in [-0.4, -0.2) is 28.8 Å². The van der Waals surface area contributed by atoms with E-state index in [1.165, 1.54) is 18.2 Å². The van der Waals surface area contributed by atoms with E-state index in [0.717, 1.165) is 25.7 Å². The highest BCUT2D eigenvalue weighted by Gasteiger charge is 2.29. The molecule has 1 aliphatic carbocycles. The van der Waals surface area contributed by atoms with E-state index in [9.17, 15) is 14.0 Å². The number of nitrogens with one attached hydrogen (secondary N) is 1. The lowest BCUT2D eigenvalue weighted by molar-refractivity contribution is 0.0606. The third-order valence-electron chi connectivity index (χ3n) is 6.28. The molecule has 0 unspecified atom stereocenters. The second kappa shape index (κ2) is 11.3. The van der Waals surface area contributed by atoms with Crippen LogP contribution in [0.4, 0.5) is 10.1 Å². The summed E-state index contributed by atoms with van der Waals surface area (Å²) in [7, 11) is 0. The summed E-state index contributed by atoms with van der Waals surface area (Å²) in [5, 5.41) is 3.38. The number of nitrogens with two attached hydrogens (primary N) is 1. The zero-order valence-electron chi connectivity index (χ0n) is 19.0. The zero-order chi connectivity index (χ0) is 24.9. The number of amides is 2. The number of hydrogen-bond acceptors (Lipinski definition) is 3.